The lowest BCUT2D eigenvalue weighted by Crippen LogP contribution is -2.11. The quantitative estimate of drug-likeness (QED) is 0.775. The molecule has 3 aromatic rings. The largest absolute Gasteiger partial charge is 0.366 e. The van der Waals surface area contributed by atoms with Crippen LogP contribution in [0.2, 0.25) is 0 Å². The third-order valence-electron chi connectivity index (χ3n) is 3.12. The zero-order valence-corrected chi connectivity index (χ0v) is 13.1. The van der Waals surface area contributed by atoms with Gasteiger partial charge in [0.2, 0.25) is 11.7 Å². The molecule has 0 atom stereocenters. The van der Waals surface area contributed by atoms with Crippen molar-refractivity contribution in [1.29, 1.82) is 0 Å². The number of primary amides is 1. The van der Waals surface area contributed by atoms with Gasteiger partial charge in [0.15, 0.2) is 0 Å². The summed E-state index contributed by atoms with van der Waals surface area (Å²) in [5.41, 5.74) is 7.55. The lowest BCUT2D eigenvalue weighted by atomic mass is 10.1. The Morgan fingerprint density at radius 2 is 1.77 bits per heavy atom. The Kier molecular flexibility index (Phi) is 3.97. The maximum Gasteiger partial charge on any atom is 0.248 e. The van der Waals surface area contributed by atoms with E-state index in [0.29, 0.717) is 17.9 Å². The van der Waals surface area contributed by atoms with Crippen molar-refractivity contribution in [2.45, 2.75) is 6.54 Å². The molecule has 0 bridgehead atoms. The topological polar surface area (TPSA) is 86.7 Å². The SMILES string of the molecule is NC(=O)c1ccc(Cn2nnc(-c3ccc(Br)cc3)n2)cc1. The van der Waals surface area contributed by atoms with Gasteiger partial charge in [0.1, 0.15) is 0 Å². The van der Waals surface area contributed by atoms with Crippen LogP contribution in [0.1, 0.15) is 15.9 Å². The number of hydrogen-bond donors (Lipinski definition) is 1. The minimum absolute atomic E-state index is 0.442. The van der Waals surface area contributed by atoms with Crippen LogP contribution in [-0.2, 0) is 6.54 Å². The summed E-state index contributed by atoms with van der Waals surface area (Å²) in [7, 11) is 0. The summed E-state index contributed by atoms with van der Waals surface area (Å²) in [5, 5.41) is 12.4. The number of halogens is 1. The molecule has 0 aliphatic carbocycles. The molecule has 1 amide bonds. The average Bonchev–Trinajstić information content (AvgIpc) is 2.97. The fourth-order valence-corrected chi connectivity index (χ4v) is 2.23. The van der Waals surface area contributed by atoms with E-state index in [1.807, 2.05) is 36.4 Å². The molecule has 0 radical (unpaired) electrons. The molecule has 0 aliphatic heterocycles. The predicted molar refractivity (Wildman–Crippen MR) is 85.0 cm³/mol. The Hall–Kier alpha value is -2.54. The molecule has 1 heterocycles. The Bertz CT molecular complexity index is 796. The van der Waals surface area contributed by atoms with Gasteiger partial charge in [-0.25, -0.2) is 0 Å². The van der Waals surface area contributed by atoms with Crippen LogP contribution >= 0.6 is 15.9 Å². The van der Waals surface area contributed by atoms with E-state index < -0.39 is 5.91 Å². The number of benzene rings is 2. The fourth-order valence-electron chi connectivity index (χ4n) is 1.96. The van der Waals surface area contributed by atoms with Crippen molar-refractivity contribution >= 4 is 21.8 Å². The van der Waals surface area contributed by atoms with Crippen molar-refractivity contribution in [2.75, 3.05) is 0 Å². The zero-order valence-electron chi connectivity index (χ0n) is 11.5. The van der Waals surface area contributed by atoms with E-state index in [0.717, 1.165) is 15.6 Å². The lowest BCUT2D eigenvalue weighted by Gasteiger charge is -2.01. The number of nitrogens with zero attached hydrogens (tertiary/aromatic N) is 4. The van der Waals surface area contributed by atoms with Gasteiger partial charge in [-0.15, -0.1) is 10.2 Å². The Balaban J connectivity index is 1.76. The third-order valence-corrected chi connectivity index (χ3v) is 3.65. The van der Waals surface area contributed by atoms with Crippen molar-refractivity contribution in [1.82, 2.24) is 20.2 Å². The second kappa shape index (κ2) is 6.07. The number of tetrazole rings is 1. The first-order valence-corrected chi connectivity index (χ1v) is 7.33. The molecule has 0 unspecified atom stereocenters. The first kappa shape index (κ1) is 14.4. The predicted octanol–water partition coefficient (Wildman–Crippen LogP) is 2.25. The number of carbonyl (C=O) groups is 1. The fraction of sp³-hybridized carbons (Fsp3) is 0.0667. The number of amides is 1. The van der Waals surface area contributed by atoms with Gasteiger partial charge in [0, 0.05) is 15.6 Å². The number of rotatable bonds is 4. The number of nitrogens with two attached hydrogens (primary N) is 1. The van der Waals surface area contributed by atoms with Crippen LogP contribution in [0, 0.1) is 0 Å². The zero-order chi connectivity index (χ0) is 15.5. The first-order chi connectivity index (χ1) is 10.6. The minimum atomic E-state index is -0.442. The second-order valence-corrected chi connectivity index (χ2v) is 5.63. The highest BCUT2D eigenvalue weighted by Gasteiger charge is 2.07. The van der Waals surface area contributed by atoms with Gasteiger partial charge in [-0.1, -0.05) is 28.1 Å². The number of carbonyl (C=O) groups excluding carboxylic acids is 1. The number of aromatic nitrogens is 4. The van der Waals surface area contributed by atoms with Gasteiger partial charge in [0.05, 0.1) is 6.54 Å². The lowest BCUT2D eigenvalue weighted by molar-refractivity contribution is 0.100. The molecule has 2 N–H and O–H groups in total. The molecule has 0 saturated carbocycles. The van der Waals surface area contributed by atoms with Crippen molar-refractivity contribution in [3.8, 4) is 11.4 Å². The van der Waals surface area contributed by atoms with E-state index in [-0.39, 0.29) is 0 Å². The molecular formula is C15H12BrN5O. The van der Waals surface area contributed by atoms with Crippen molar-refractivity contribution < 1.29 is 4.79 Å². The molecule has 0 aliphatic rings. The average molecular weight is 358 g/mol. The summed E-state index contributed by atoms with van der Waals surface area (Å²) in [6.07, 6.45) is 0. The third kappa shape index (κ3) is 3.20. The molecule has 110 valence electrons. The van der Waals surface area contributed by atoms with Gasteiger partial charge < -0.3 is 5.73 Å². The van der Waals surface area contributed by atoms with Crippen LogP contribution < -0.4 is 5.73 Å². The summed E-state index contributed by atoms with van der Waals surface area (Å²) in [6.45, 7) is 0.475. The van der Waals surface area contributed by atoms with Crippen LogP contribution in [0.5, 0.6) is 0 Å². The summed E-state index contributed by atoms with van der Waals surface area (Å²) in [6, 6.07) is 14.7. The summed E-state index contributed by atoms with van der Waals surface area (Å²) in [5.74, 6) is 0.129. The molecule has 1 aromatic heterocycles. The highest BCUT2D eigenvalue weighted by molar-refractivity contribution is 9.10. The first-order valence-electron chi connectivity index (χ1n) is 6.54. The molecule has 0 saturated heterocycles. The van der Waals surface area contributed by atoms with E-state index in [1.165, 1.54) is 4.80 Å². The summed E-state index contributed by atoms with van der Waals surface area (Å²) in [4.78, 5) is 12.5. The maximum absolute atomic E-state index is 11.0. The van der Waals surface area contributed by atoms with Crippen LogP contribution in [-0.4, -0.2) is 26.1 Å². The highest BCUT2D eigenvalue weighted by atomic mass is 79.9. The van der Waals surface area contributed by atoms with E-state index in [2.05, 4.69) is 31.3 Å². The maximum atomic E-state index is 11.0. The molecular weight excluding hydrogens is 346 g/mol. The molecule has 7 heteroatoms. The molecule has 0 spiro atoms. The van der Waals surface area contributed by atoms with Gasteiger partial charge in [-0.2, -0.15) is 4.80 Å². The normalized spacial score (nSPS) is 10.6. The Morgan fingerprint density at radius 3 is 2.41 bits per heavy atom. The van der Waals surface area contributed by atoms with Gasteiger partial charge in [0.25, 0.3) is 0 Å². The van der Waals surface area contributed by atoms with E-state index in [1.54, 1.807) is 12.1 Å². The molecule has 0 fully saturated rings. The smallest absolute Gasteiger partial charge is 0.248 e. The highest BCUT2D eigenvalue weighted by Crippen LogP contribution is 2.17. The monoisotopic (exact) mass is 357 g/mol. The van der Waals surface area contributed by atoms with Crippen LogP contribution in [0.15, 0.2) is 53.0 Å². The van der Waals surface area contributed by atoms with Crippen LogP contribution in [0.3, 0.4) is 0 Å². The molecule has 3 rings (SSSR count). The van der Waals surface area contributed by atoms with Gasteiger partial charge in [-0.3, -0.25) is 4.79 Å². The summed E-state index contributed by atoms with van der Waals surface area (Å²) < 4.78 is 0.998. The minimum Gasteiger partial charge on any atom is -0.366 e. The summed E-state index contributed by atoms with van der Waals surface area (Å²) >= 11 is 3.39. The van der Waals surface area contributed by atoms with Crippen molar-refractivity contribution in [2.24, 2.45) is 5.73 Å². The molecule has 6 nitrogen and oxygen atoms in total. The van der Waals surface area contributed by atoms with Crippen molar-refractivity contribution in [3.05, 3.63) is 64.1 Å². The van der Waals surface area contributed by atoms with Gasteiger partial charge in [-0.05, 0) is 47.2 Å². The Morgan fingerprint density at radius 1 is 1.09 bits per heavy atom. The number of hydrogen-bond acceptors (Lipinski definition) is 4. The van der Waals surface area contributed by atoms with Gasteiger partial charge >= 0.3 is 0 Å². The van der Waals surface area contributed by atoms with Crippen LogP contribution in [0.4, 0.5) is 0 Å². The van der Waals surface area contributed by atoms with E-state index in [4.69, 9.17) is 5.73 Å². The Labute approximate surface area is 135 Å². The second-order valence-electron chi connectivity index (χ2n) is 4.71. The molecule has 2 aromatic carbocycles. The van der Waals surface area contributed by atoms with E-state index >= 15 is 0 Å². The van der Waals surface area contributed by atoms with Crippen LogP contribution in [0.25, 0.3) is 11.4 Å². The molecule has 22 heavy (non-hydrogen) atoms. The standard InChI is InChI=1S/C15H12BrN5O/c16-13-7-5-12(6-8-13)15-18-20-21(19-15)9-10-1-3-11(4-2-10)14(17)22/h1-8H,9H2,(H2,17,22). The van der Waals surface area contributed by atoms with Crippen molar-refractivity contribution in [3.63, 3.8) is 0 Å². The van der Waals surface area contributed by atoms with E-state index in [9.17, 15) is 4.79 Å².